The fourth-order valence-corrected chi connectivity index (χ4v) is 3.02. The molecule has 132 valence electrons. The number of hydrogen-bond donors (Lipinski definition) is 0. The lowest BCUT2D eigenvalue weighted by Gasteiger charge is -2.13. The van der Waals surface area contributed by atoms with E-state index in [1.807, 2.05) is 24.3 Å². The SMILES string of the molecule is COCCn1ccc2nc3ncnn3c(-c3ccccc3OC)c2c1=O. The van der Waals surface area contributed by atoms with Crippen LogP contribution >= 0.6 is 0 Å². The van der Waals surface area contributed by atoms with Crippen LogP contribution in [-0.4, -0.2) is 45.0 Å². The average Bonchev–Trinajstić information content (AvgIpc) is 3.14. The van der Waals surface area contributed by atoms with E-state index in [-0.39, 0.29) is 5.56 Å². The maximum absolute atomic E-state index is 13.2. The lowest BCUT2D eigenvalue weighted by atomic mass is 10.1. The van der Waals surface area contributed by atoms with Crippen LogP contribution in [0.15, 0.2) is 47.7 Å². The first-order chi connectivity index (χ1) is 12.7. The molecule has 3 heterocycles. The molecule has 0 unspecified atom stereocenters. The van der Waals surface area contributed by atoms with Crippen LogP contribution in [0.25, 0.3) is 27.9 Å². The molecule has 0 amide bonds. The van der Waals surface area contributed by atoms with Gasteiger partial charge >= 0.3 is 0 Å². The summed E-state index contributed by atoms with van der Waals surface area (Å²) in [4.78, 5) is 21.8. The van der Waals surface area contributed by atoms with E-state index in [1.165, 1.54) is 6.33 Å². The van der Waals surface area contributed by atoms with Gasteiger partial charge in [0.2, 0.25) is 0 Å². The van der Waals surface area contributed by atoms with E-state index in [2.05, 4.69) is 15.1 Å². The van der Waals surface area contributed by atoms with Crippen molar-refractivity contribution in [1.82, 2.24) is 24.1 Å². The van der Waals surface area contributed by atoms with Crippen LogP contribution in [0.5, 0.6) is 5.75 Å². The second kappa shape index (κ2) is 6.57. The monoisotopic (exact) mass is 351 g/mol. The Morgan fingerprint density at radius 2 is 2.00 bits per heavy atom. The summed E-state index contributed by atoms with van der Waals surface area (Å²) in [5, 5.41) is 4.73. The van der Waals surface area contributed by atoms with Crippen LogP contribution in [0.4, 0.5) is 0 Å². The fraction of sp³-hybridized carbons (Fsp3) is 0.222. The molecule has 0 radical (unpaired) electrons. The van der Waals surface area contributed by atoms with Crippen molar-refractivity contribution in [2.75, 3.05) is 20.8 Å². The molecule has 4 aromatic rings. The van der Waals surface area contributed by atoms with Gasteiger partial charge in [-0.3, -0.25) is 4.79 Å². The van der Waals surface area contributed by atoms with Gasteiger partial charge in [0.25, 0.3) is 11.3 Å². The van der Waals surface area contributed by atoms with E-state index in [4.69, 9.17) is 9.47 Å². The molecule has 0 aliphatic heterocycles. The first-order valence-electron chi connectivity index (χ1n) is 8.10. The number of pyridine rings is 1. The molecule has 0 saturated carbocycles. The maximum atomic E-state index is 13.2. The van der Waals surface area contributed by atoms with Crippen molar-refractivity contribution in [2.24, 2.45) is 0 Å². The van der Waals surface area contributed by atoms with Crippen LogP contribution in [-0.2, 0) is 11.3 Å². The highest BCUT2D eigenvalue weighted by Gasteiger charge is 2.19. The fourth-order valence-electron chi connectivity index (χ4n) is 3.02. The minimum Gasteiger partial charge on any atom is -0.496 e. The Labute approximate surface area is 148 Å². The molecule has 0 fully saturated rings. The molecule has 0 aliphatic carbocycles. The summed E-state index contributed by atoms with van der Waals surface area (Å²) in [6.45, 7) is 0.889. The van der Waals surface area contributed by atoms with Gasteiger partial charge in [0.05, 0.1) is 30.3 Å². The zero-order chi connectivity index (χ0) is 18.1. The second-order valence-corrected chi connectivity index (χ2v) is 5.70. The topological polar surface area (TPSA) is 83.5 Å². The molecular weight excluding hydrogens is 334 g/mol. The van der Waals surface area contributed by atoms with Gasteiger partial charge in [-0.05, 0) is 18.2 Å². The van der Waals surface area contributed by atoms with E-state index in [9.17, 15) is 4.79 Å². The molecule has 1 aromatic carbocycles. The van der Waals surface area contributed by atoms with Crippen LogP contribution in [0.1, 0.15) is 0 Å². The summed E-state index contributed by atoms with van der Waals surface area (Å²) in [5.41, 5.74) is 1.76. The van der Waals surface area contributed by atoms with Crippen molar-refractivity contribution in [3.8, 4) is 17.0 Å². The summed E-state index contributed by atoms with van der Waals surface area (Å²) in [7, 11) is 3.20. The number of fused-ring (bicyclic) bond motifs is 2. The Balaban J connectivity index is 2.13. The molecule has 8 heteroatoms. The third-order valence-electron chi connectivity index (χ3n) is 4.24. The van der Waals surface area contributed by atoms with Gasteiger partial charge in [-0.2, -0.15) is 14.6 Å². The highest BCUT2D eigenvalue weighted by Crippen LogP contribution is 2.32. The van der Waals surface area contributed by atoms with Crippen LogP contribution in [0, 0.1) is 0 Å². The summed E-state index contributed by atoms with van der Waals surface area (Å²) in [5.74, 6) is 1.07. The van der Waals surface area contributed by atoms with Crippen molar-refractivity contribution in [3.05, 3.63) is 53.2 Å². The smallest absolute Gasteiger partial charge is 0.262 e. The number of nitrogens with zero attached hydrogens (tertiary/aromatic N) is 5. The molecule has 0 spiro atoms. The van der Waals surface area contributed by atoms with Crippen molar-refractivity contribution in [3.63, 3.8) is 0 Å². The van der Waals surface area contributed by atoms with Crippen molar-refractivity contribution in [1.29, 1.82) is 0 Å². The van der Waals surface area contributed by atoms with Crippen molar-refractivity contribution in [2.45, 2.75) is 6.54 Å². The summed E-state index contributed by atoms with van der Waals surface area (Å²) in [6.07, 6.45) is 3.14. The van der Waals surface area contributed by atoms with E-state index >= 15 is 0 Å². The van der Waals surface area contributed by atoms with Gasteiger partial charge in [-0.25, -0.2) is 4.98 Å². The molecular formula is C18H17N5O3. The first-order valence-corrected chi connectivity index (χ1v) is 8.10. The largest absolute Gasteiger partial charge is 0.496 e. The molecule has 0 atom stereocenters. The Morgan fingerprint density at radius 3 is 2.81 bits per heavy atom. The highest BCUT2D eigenvalue weighted by atomic mass is 16.5. The van der Waals surface area contributed by atoms with E-state index in [0.29, 0.717) is 41.3 Å². The zero-order valence-corrected chi connectivity index (χ0v) is 14.4. The average molecular weight is 351 g/mol. The Morgan fingerprint density at radius 1 is 1.15 bits per heavy atom. The minimum absolute atomic E-state index is 0.162. The molecule has 0 aliphatic rings. The molecule has 26 heavy (non-hydrogen) atoms. The number of ether oxygens (including phenoxy) is 2. The number of methoxy groups -OCH3 is 2. The van der Waals surface area contributed by atoms with Gasteiger partial charge < -0.3 is 14.0 Å². The number of rotatable bonds is 5. The lowest BCUT2D eigenvalue weighted by Crippen LogP contribution is -2.23. The number of benzene rings is 1. The quantitative estimate of drug-likeness (QED) is 0.545. The Kier molecular flexibility index (Phi) is 4.10. The predicted molar refractivity (Wildman–Crippen MR) is 96.4 cm³/mol. The third-order valence-corrected chi connectivity index (χ3v) is 4.24. The van der Waals surface area contributed by atoms with E-state index in [0.717, 1.165) is 5.56 Å². The van der Waals surface area contributed by atoms with Gasteiger partial charge in [0.15, 0.2) is 0 Å². The van der Waals surface area contributed by atoms with Crippen LogP contribution < -0.4 is 10.3 Å². The standard InChI is InChI=1S/C18H17N5O3/c1-25-10-9-22-8-7-13-15(17(22)24)16(23-18(21-13)19-11-20-23)12-5-3-4-6-14(12)26-2/h3-8,11H,9-10H2,1-2H3. The maximum Gasteiger partial charge on any atom is 0.262 e. The Bertz CT molecular complexity index is 1150. The normalized spacial score (nSPS) is 11.3. The van der Waals surface area contributed by atoms with Crippen LogP contribution in [0.3, 0.4) is 0 Å². The molecule has 4 rings (SSSR count). The lowest BCUT2D eigenvalue weighted by molar-refractivity contribution is 0.186. The third kappa shape index (κ3) is 2.51. The van der Waals surface area contributed by atoms with Crippen molar-refractivity contribution >= 4 is 16.7 Å². The molecule has 8 nitrogen and oxygen atoms in total. The number of aromatic nitrogens is 5. The Hall–Kier alpha value is -3.26. The summed E-state index contributed by atoms with van der Waals surface area (Å²) in [6, 6.07) is 9.30. The number of para-hydroxylation sites is 1. The summed E-state index contributed by atoms with van der Waals surface area (Å²) >= 11 is 0. The molecule has 3 aromatic heterocycles. The van der Waals surface area contributed by atoms with E-state index in [1.54, 1.807) is 35.6 Å². The second-order valence-electron chi connectivity index (χ2n) is 5.70. The number of hydrogen-bond acceptors (Lipinski definition) is 6. The van der Waals surface area contributed by atoms with Gasteiger partial charge in [-0.15, -0.1) is 0 Å². The van der Waals surface area contributed by atoms with Gasteiger partial charge in [-0.1, -0.05) is 12.1 Å². The van der Waals surface area contributed by atoms with Gasteiger partial charge in [0.1, 0.15) is 12.1 Å². The first kappa shape index (κ1) is 16.2. The summed E-state index contributed by atoms with van der Waals surface area (Å²) < 4.78 is 13.8. The van der Waals surface area contributed by atoms with Gasteiger partial charge in [0, 0.05) is 25.4 Å². The van der Waals surface area contributed by atoms with Crippen molar-refractivity contribution < 1.29 is 9.47 Å². The molecule has 0 saturated heterocycles. The minimum atomic E-state index is -0.162. The predicted octanol–water partition coefficient (Wildman–Crippen LogP) is 1.76. The zero-order valence-electron chi connectivity index (χ0n) is 14.4. The van der Waals surface area contributed by atoms with E-state index < -0.39 is 0 Å². The van der Waals surface area contributed by atoms with Crippen LogP contribution in [0.2, 0.25) is 0 Å². The molecule has 0 N–H and O–H groups in total. The molecule has 0 bridgehead atoms. The highest BCUT2D eigenvalue weighted by molar-refractivity contribution is 5.94.